The number of hydrogen-bond donors (Lipinski definition) is 0. The van der Waals surface area contributed by atoms with Gasteiger partial charge in [-0.15, -0.1) is 0 Å². The van der Waals surface area contributed by atoms with Gasteiger partial charge in [0.2, 0.25) is 10.0 Å². The van der Waals surface area contributed by atoms with E-state index in [2.05, 4.69) is 11.8 Å². The summed E-state index contributed by atoms with van der Waals surface area (Å²) in [5.41, 5.74) is 0. The lowest BCUT2D eigenvalue weighted by atomic mass is 10.1. The van der Waals surface area contributed by atoms with Gasteiger partial charge < -0.3 is 4.74 Å². The van der Waals surface area contributed by atoms with E-state index in [0.717, 1.165) is 25.9 Å². The first-order chi connectivity index (χ1) is 9.13. The molecule has 0 amide bonds. The zero-order valence-electron chi connectivity index (χ0n) is 11.6. The van der Waals surface area contributed by atoms with Gasteiger partial charge in [0.15, 0.2) is 0 Å². The van der Waals surface area contributed by atoms with Crippen molar-refractivity contribution in [3.05, 3.63) is 0 Å². The summed E-state index contributed by atoms with van der Waals surface area (Å²) in [7, 11) is -3.18. The largest absolute Gasteiger partial charge is 0.380 e. The molecule has 0 spiro atoms. The number of sulfonamides is 1. The van der Waals surface area contributed by atoms with Crippen molar-refractivity contribution in [2.24, 2.45) is 0 Å². The summed E-state index contributed by atoms with van der Waals surface area (Å²) in [5.74, 6) is 0. The fourth-order valence-corrected chi connectivity index (χ4v) is 5.70. The molecule has 3 saturated heterocycles. The number of ether oxygens (including phenoxy) is 1. The average Bonchev–Trinajstić information content (AvgIpc) is 3.07. The topological polar surface area (TPSA) is 49.9 Å². The molecule has 0 radical (unpaired) electrons. The summed E-state index contributed by atoms with van der Waals surface area (Å²) >= 11 is 0. The van der Waals surface area contributed by atoms with Crippen LogP contribution in [0.25, 0.3) is 0 Å². The SMILES string of the molecule is CC[C@@H]1CN2CCC[C@H]2CN1S(=O)(=O)[C@H]1CCOC1. The van der Waals surface area contributed by atoms with Gasteiger partial charge in [0.05, 0.1) is 6.61 Å². The molecule has 0 aliphatic carbocycles. The van der Waals surface area contributed by atoms with Crippen LogP contribution in [0.5, 0.6) is 0 Å². The molecule has 3 heterocycles. The summed E-state index contributed by atoms with van der Waals surface area (Å²) in [6.45, 7) is 5.80. The molecule has 0 aromatic heterocycles. The summed E-state index contributed by atoms with van der Waals surface area (Å²) in [5, 5.41) is -0.311. The quantitative estimate of drug-likeness (QED) is 0.766. The van der Waals surface area contributed by atoms with E-state index < -0.39 is 10.0 Å². The molecule has 0 unspecified atom stereocenters. The normalized spacial score (nSPS) is 37.6. The molecule has 0 aromatic carbocycles. The Balaban J connectivity index is 1.80. The van der Waals surface area contributed by atoms with Crippen LogP contribution in [0.15, 0.2) is 0 Å². The van der Waals surface area contributed by atoms with Crippen molar-refractivity contribution >= 4 is 10.0 Å². The lowest BCUT2D eigenvalue weighted by molar-refractivity contribution is 0.105. The highest BCUT2D eigenvalue weighted by Gasteiger charge is 2.44. The molecule has 6 heteroatoms. The Morgan fingerprint density at radius 3 is 2.79 bits per heavy atom. The fraction of sp³-hybridized carbons (Fsp3) is 1.00. The van der Waals surface area contributed by atoms with Crippen LogP contribution in [0.2, 0.25) is 0 Å². The first kappa shape index (κ1) is 13.8. The van der Waals surface area contributed by atoms with Crippen LogP contribution in [0.3, 0.4) is 0 Å². The van der Waals surface area contributed by atoms with E-state index in [0.29, 0.717) is 32.2 Å². The minimum atomic E-state index is -3.18. The number of piperazine rings is 1. The second kappa shape index (κ2) is 5.31. The second-order valence-corrected chi connectivity index (χ2v) is 8.12. The van der Waals surface area contributed by atoms with Crippen molar-refractivity contribution in [2.45, 2.75) is 49.9 Å². The summed E-state index contributed by atoms with van der Waals surface area (Å²) in [4.78, 5) is 2.48. The first-order valence-electron chi connectivity index (χ1n) is 7.45. The van der Waals surface area contributed by atoms with Gasteiger partial charge in [-0.3, -0.25) is 4.90 Å². The third-order valence-corrected chi connectivity index (χ3v) is 7.16. The molecular weight excluding hydrogens is 264 g/mol. The number of nitrogens with zero attached hydrogens (tertiary/aromatic N) is 2. The van der Waals surface area contributed by atoms with Gasteiger partial charge in [0, 0.05) is 31.8 Å². The molecular formula is C13H24N2O3S. The predicted molar refractivity (Wildman–Crippen MR) is 73.5 cm³/mol. The predicted octanol–water partition coefficient (Wildman–Crippen LogP) is 0.664. The Morgan fingerprint density at radius 2 is 2.11 bits per heavy atom. The number of rotatable bonds is 3. The van der Waals surface area contributed by atoms with E-state index in [1.54, 1.807) is 4.31 Å². The van der Waals surface area contributed by atoms with Crippen LogP contribution in [0.1, 0.15) is 32.6 Å². The minimum Gasteiger partial charge on any atom is -0.380 e. The molecule has 5 nitrogen and oxygen atoms in total. The molecule has 19 heavy (non-hydrogen) atoms. The van der Waals surface area contributed by atoms with Crippen LogP contribution in [-0.2, 0) is 14.8 Å². The lowest BCUT2D eigenvalue weighted by Crippen LogP contribution is -2.59. The number of hydrogen-bond acceptors (Lipinski definition) is 4. The Morgan fingerprint density at radius 1 is 1.26 bits per heavy atom. The third kappa shape index (κ3) is 2.44. The molecule has 0 aromatic rings. The second-order valence-electron chi connectivity index (χ2n) is 5.95. The Kier molecular flexibility index (Phi) is 3.86. The Labute approximate surface area is 115 Å². The summed E-state index contributed by atoms with van der Waals surface area (Å²) in [6, 6.07) is 0.597. The Bertz CT molecular complexity index is 420. The maximum Gasteiger partial charge on any atom is 0.219 e. The van der Waals surface area contributed by atoms with Crippen molar-refractivity contribution in [1.82, 2.24) is 9.21 Å². The van der Waals surface area contributed by atoms with Crippen LogP contribution < -0.4 is 0 Å². The highest BCUT2D eigenvalue weighted by atomic mass is 32.2. The Hall–Kier alpha value is -0.170. The molecule has 3 fully saturated rings. The molecule has 3 aliphatic rings. The standard InChI is InChI=1S/C13H24N2O3S/c1-2-11-8-14-6-3-4-12(14)9-15(11)19(16,17)13-5-7-18-10-13/h11-13H,2-10H2,1H3/t11-,12+,13+/m1/s1. The van der Waals surface area contributed by atoms with Gasteiger partial charge >= 0.3 is 0 Å². The van der Waals surface area contributed by atoms with E-state index >= 15 is 0 Å². The van der Waals surface area contributed by atoms with E-state index in [4.69, 9.17) is 4.74 Å². The van der Waals surface area contributed by atoms with E-state index in [1.165, 1.54) is 6.42 Å². The van der Waals surface area contributed by atoms with E-state index in [1.807, 2.05) is 0 Å². The minimum absolute atomic E-state index is 0.153. The van der Waals surface area contributed by atoms with Crippen molar-refractivity contribution in [2.75, 3.05) is 32.8 Å². The van der Waals surface area contributed by atoms with Gasteiger partial charge in [0.25, 0.3) is 0 Å². The summed E-state index contributed by atoms with van der Waals surface area (Å²) in [6.07, 6.45) is 3.91. The van der Waals surface area contributed by atoms with Crippen molar-refractivity contribution in [1.29, 1.82) is 0 Å². The van der Waals surface area contributed by atoms with Gasteiger partial charge in [-0.05, 0) is 32.2 Å². The molecule has 3 rings (SSSR count). The van der Waals surface area contributed by atoms with Crippen molar-refractivity contribution in [3.8, 4) is 0 Å². The van der Waals surface area contributed by atoms with Crippen molar-refractivity contribution in [3.63, 3.8) is 0 Å². The highest BCUT2D eigenvalue weighted by Crippen LogP contribution is 2.30. The highest BCUT2D eigenvalue weighted by molar-refractivity contribution is 7.89. The first-order valence-corrected chi connectivity index (χ1v) is 8.95. The molecule has 110 valence electrons. The van der Waals surface area contributed by atoms with E-state index in [-0.39, 0.29) is 11.3 Å². The maximum atomic E-state index is 12.8. The third-order valence-electron chi connectivity index (χ3n) is 4.85. The molecule has 3 aliphatic heterocycles. The van der Waals surface area contributed by atoms with Crippen molar-refractivity contribution < 1.29 is 13.2 Å². The van der Waals surface area contributed by atoms with Gasteiger partial charge in [-0.2, -0.15) is 4.31 Å². The molecule has 0 bridgehead atoms. The van der Waals surface area contributed by atoms with Crippen LogP contribution in [-0.4, -0.2) is 67.8 Å². The van der Waals surface area contributed by atoms with Crippen LogP contribution >= 0.6 is 0 Å². The zero-order valence-corrected chi connectivity index (χ0v) is 12.4. The smallest absolute Gasteiger partial charge is 0.219 e. The van der Waals surface area contributed by atoms with E-state index in [9.17, 15) is 8.42 Å². The fourth-order valence-electron chi connectivity index (χ4n) is 3.64. The van der Waals surface area contributed by atoms with Crippen LogP contribution in [0.4, 0.5) is 0 Å². The maximum absolute atomic E-state index is 12.8. The number of fused-ring (bicyclic) bond motifs is 1. The zero-order chi connectivity index (χ0) is 13.5. The van der Waals surface area contributed by atoms with Crippen LogP contribution in [0, 0.1) is 0 Å². The lowest BCUT2D eigenvalue weighted by Gasteiger charge is -2.43. The molecule has 0 saturated carbocycles. The molecule has 3 atom stereocenters. The monoisotopic (exact) mass is 288 g/mol. The summed E-state index contributed by atoms with van der Waals surface area (Å²) < 4.78 is 32.6. The average molecular weight is 288 g/mol. The molecule has 0 N–H and O–H groups in total. The van der Waals surface area contributed by atoms with Gasteiger partial charge in [-0.25, -0.2) is 8.42 Å². The van der Waals surface area contributed by atoms with Gasteiger partial charge in [-0.1, -0.05) is 6.92 Å². The van der Waals surface area contributed by atoms with Gasteiger partial charge in [0.1, 0.15) is 5.25 Å².